The first kappa shape index (κ1) is 21.9. The lowest BCUT2D eigenvalue weighted by Gasteiger charge is -2.12. The number of rotatable bonds is 5. The maximum Gasteiger partial charge on any atom is 0.417 e. The van der Waals surface area contributed by atoms with E-state index in [2.05, 4.69) is 5.32 Å². The Labute approximate surface area is 186 Å². The first-order valence-electron chi connectivity index (χ1n) is 9.70. The molecule has 0 spiro atoms. The van der Waals surface area contributed by atoms with Gasteiger partial charge in [-0.15, -0.1) is 0 Å². The predicted octanol–water partition coefficient (Wildman–Crippen LogP) is 5.24. The van der Waals surface area contributed by atoms with Gasteiger partial charge in [-0.25, -0.2) is 0 Å². The molecular formula is C24H16F3N3O3. The van der Waals surface area contributed by atoms with Crippen LogP contribution in [-0.4, -0.2) is 22.2 Å². The number of nitrogens with zero attached hydrogens (tertiary/aromatic N) is 2. The minimum Gasteiger partial charge on any atom is -0.457 e. The summed E-state index contributed by atoms with van der Waals surface area (Å²) in [5.41, 5.74) is 0.520. The van der Waals surface area contributed by atoms with Gasteiger partial charge in [-0.1, -0.05) is 18.2 Å². The molecule has 1 heterocycles. The molecule has 0 saturated heterocycles. The van der Waals surface area contributed by atoms with Gasteiger partial charge < -0.3 is 19.7 Å². The number of aliphatic hydroxyl groups excluding tert-OH is 1. The third-order valence-electron chi connectivity index (χ3n) is 4.90. The van der Waals surface area contributed by atoms with Crippen molar-refractivity contribution in [1.29, 1.82) is 5.26 Å². The van der Waals surface area contributed by atoms with Crippen LogP contribution in [0.25, 0.3) is 16.6 Å². The van der Waals surface area contributed by atoms with Crippen LogP contribution in [0.3, 0.4) is 0 Å². The summed E-state index contributed by atoms with van der Waals surface area (Å²) in [5.74, 6) is -0.279. The highest BCUT2D eigenvalue weighted by Crippen LogP contribution is 2.36. The fourth-order valence-corrected chi connectivity index (χ4v) is 3.41. The van der Waals surface area contributed by atoms with E-state index in [0.717, 1.165) is 28.7 Å². The van der Waals surface area contributed by atoms with E-state index in [1.807, 2.05) is 28.8 Å². The summed E-state index contributed by atoms with van der Waals surface area (Å²) in [6, 6.07) is 18.7. The van der Waals surface area contributed by atoms with Crippen molar-refractivity contribution in [3.63, 3.8) is 0 Å². The molecule has 1 aromatic heterocycles. The average Bonchev–Trinajstić information content (AvgIpc) is 3.17. The van der Waals surface area contributed by atoms with Crippen LogP contribution in [0, 0.1) is 11.3 Å². The number of hydrogen-bond acceptors (Lipinski definition) is 4. The van der Waals surface area contributed by atoms with Crippen LogP contribution in [-0.2, 0) is 11.0 Å². The lowest BCUT2D eigenvalue weighted by atomic mass is 10.1. The SMILES string of the molecule is N#Cc1ccc(Oc2ccc(-n3cc(NC(=O)CO)c4ccccc43)cc2)cc1C(F)(F)F. The highest BCUT2D eigenvalue weighted by Gasteiger charge is 2.34. The number of amides is 1. The van der Waals surface area contributed by atoms with Crippen molar-refractivity contribution in [2.75, 3.05) is 11.9 Å². The van der Waals surface area contributed by atoms with Crippen molar-refractivity contribution in [1.82, 2.24) is 4.57 Å². The molecule has 2 N–H and O–H groups in total. The Bertz CT molecular complexity index is 1370. The van der Waals surface area contributed by atoms with E-state index in [1.165, 1.54) is 12.1 Å². The third-order valence-corrected chi connectivity index (χ3v) is 4.90. The lowest BCUT2D eigenvalue weighted by molar-refractivity contribution is -0.137. The fraction of sp³-hybridized carbons (Fsp3) is 0.0833. The summed E-state index contributed by atoms with van der Waals surface area (Å²) in [6.45, 7) is -0.642. The Kier molecular flexibility index (Phi) is 5.77. The van der Waals surface area contributed by atoms with Gasteiger partial charge in [0, 0.05) is 17.3 Å². The normalized spacial score (nSPS) is 11.2. The van der Waals surface area contributed by atoms with Crippen LogP contribution in [0.5, 0.6) is 11.5 Å². The summed E-state index contributed by atoms with van der Waals surface area (Å²) >= 11 is 0. The van der Waals surface area contributed by atoms with Gasteiger partial charge >= 0.3 is 6.18 Å². The zero-order valence-electron chi connectivity index (χ0n) is 16.9. The number of hydrogen-bond donors (Lipinski definition) is 2. The molecular weight excluding hydrogens is 435 g/mol. The standard InChI is InChI=1S/C24H16F3N3O3/c25-24(26,27)20-11-18(8-5-15(20)12-28)33-17-9-6-16(7-10-17)30-13-21(29-23(32)14-31)19-3-1-2-4-22(19)30/h1-11,13,31H,14H2,(H,29,32). The van der Waals surface area contributed by atoms with E-state index < -0.39 is 29.8 Å². The Morgan fingerprint density at radius 2 is 1.76 bits per heavy atom. The number of nitrogens with one attached hydrogen (secondary N) is 1. The van der Waals surface area contributed by atoms with Gasteiger partial charge in [0.15, 0.2) is 0 Å². The van der Waals surface area contributed by atoms with Gasteiger partial charge in [0.2, 0.25) is 5.91 Å². The summed E-state index contributed by atoms with van der Waals surface area (Å²) in [7, 11) is 0. The number of carbonyl (C=O) groups excluding carboxylic acids is 1. The molecule has 0 bridgehead atoms. The summed E-state index contributed by atoms with van der Waals surface area (Å²) in [5, 5.41) is 21.4. The Morgan fingerprint density at radius 1 is 1.06 bits per heavy atom. The zero-order valence-corrected chi connectivity index (χ0v) is 16.9. The van der Waals surface area contributed by atoms with Gasteiger partial charge in [-0.3, -0.25) is 4.79 Å². The monoisotopic (exact) mass is 451 g/mol. The minimum atomic E-state index is -4.67. The van der Waals surface area contributed by atoms with Crippen LogP contribution in [0.1, 0.15) is 11.1 Å². The summed E-state index contributed by atoms with van der Waals surface area (Å²) < 4.78 is 46.9. The Hall–Kier alpha value is -4.29. The quantitative estimate of drug-likeness (QED) is 0.434. The van der Waals surface area contributed by atoms with Crippen molar-refractivity contribution >= 4 is 22.5 Å². The number of fused-ring (bicyclic) bond motifs is 1. The van der Waals surface area contributed by atoms with Crippen LogP contribution < -0.4 is 10.1 Å². The molecule has 0 atom stereocenters. The van der Waals surface area contributed by atoms with E-state index in [0.29, 0.717) is 11.4 Å². The molecule has 0 aliphatic heterocycles. The number of halogens is 3. The van der Waals surface area contributed by atoms with Crippen molar-refractivity contribution in [3.05, 3.63) is 84.1 Å². The molecule has 0 saturated carbocycles. The van der Waals surface area contributed by atoms with Crippen molar-refractivity contribution in [2.24, 2.45) is 0 Å². The van der Waals surface area contributed by atoms with E-state index in [4.69, 9.17) is 15.1 Å². The lowest BCUT2D eigenvalue weighted by Crippen LogP contribution is -2.15. The largest absolute Gasteiger partial charge is 0.457 e. The number of anilines is 1. The van der Waals surface area contributed by atoms with Gasteiger partial charge in [0.05, 0.1) is 28.4 Å². The molecule has 0 fully saturated rings. The third kappa shape index (κ3) is 4.51. The fourth-order valence-electron chi connectivity index (χ4n) is 3.41. The molecule has 33 heavy (non-hydrogen) atoms. The second-order valence-corrected chi connectivity index (χ2v) is 7.05. The van der Waals surface area contributed by atoms with Crippen molar-refractivity contribution in [3.8, 4) is 23.3 Å². The van der Waals surface area contributed by atoms with Gasteiger partial charge in [0.1, 0.15) is 18.1 Å². The topological polar surface area (TPSA) is 87.3 Å². The number of benzene rings is 3. The van der Waals surface area contributed by atoms with E-state index >= 15 is 0 Å². The number of nitriles is 1. The first-order chi connectivity index (χ1) is 15.8. The number of aromatic nitrogens is 1. The van der Waals surface area contributed by atoms with Crippen LogP contribution >= 0.6 is 0 Å². The van der Waals surface area contributed by atoms with Crippen molar-refractivity contribution < 1.29 is 27.8 Å². The van der Waals surface area contributed by atoms with Crippen molar-refractivity contribution in [2.45, 2.75) is 6.18 Å². The van der Waals surface area contributed by atoms with Crippen LogP contribution in [0.2, 0.25) is 0 Å². The molecule has 166 valence electrons. The van der Waals surface area contributed by atoms with E-state index in [1.54, 1.807) is 30.5 Å². The molecule has 0 aliphatic rings. The number of para-hydroxylation sites is 1. The summed E-state index contributed by atoms with van der Waals surface area (Å²) in [4.78, 5) is 11.6. The second kappa shape index (κ2) is 8.68. The highest BCUT2D eigenvalue weighted by molar-refractivity contribution is 6.02. The molecule has 4 aromatic rings. The Balaban J connectivity index is 1.63. The van der Waals surface area contributed by atoms with Crippen LogP contribution in [0.15, 0.2) is 72.9 Å². The molecule has 0 radical (unpaired) electrons. The maximum atomic E-state index is 13.2. The number of aliphatic hydroxyl groups is 1. The molecule has 1 amide bonds. The zero-order chi connectivity index (χ0) is 23.6. The molecule has 3 aromatic carbocycles. The minimum absolute atomic E-state index is 0.0468. The number of alkyl halides is 3. The smallest absolute Gasteiger partial charge is 0.417 e. The summed E-state index contributed by atoms with van der Waals surface area (Å²) in [6.07, 6.45) is -2.96. The molecule has 6 nitrogen and oxygen atoms in total. The van der Waals surface area contributed by atoms with Gasteiger partial charge in [-0.2, -0.15) is 18.4 Å². The van der Waals surface area contributed by atoms with Gasteiger partial charge in [-0.05, 0) is 48.5 Å². The second-order valence-electron chi connectivity index (χ2n) is 7.05. The maximum absolute atomic E-state index is 13.2. The molecule has 9 heteroatoms. The first-order valence-corrected chi connectivity index (χ1v) is 9.70. The average molecular weight is 451 g/mol. The van der Waals surface area contributed by atoms with Gasteiger partial charge in [0.25, 0.3) is 0 Å². The van der Waals surface area contributed by atoms with E-state index in [9.17, 15) is 18.0 Å². The predicted molar refractivity (Wildman–Crippen MR) is 115 cm³/mol. The van der Waals surface area contributed by atoms with Crippen LogP contribution in [0.4, 0.5) is 18.9 Å². The van der Waals surface area contributed by atoms with E-state index in [-0.39, 0.29) is 5.75 Å². The molecule has 4 rings (SSSR count). The molecule has 0 unspecified atom stereocenters. The number of ether oxygens (including phenoxy) is 1. The number of carbonyl (C=O) groups is 1. The Morgan fingerprint density at radius 3 is 2.42 bits per heavy atom. The highest BCUT2D eigenvalue weighted by atomic mass is 19.4. The molecule has 0 aliphatic carbocycles.